The van der Waals surface area contributed by atoms with Gasteiger partial charge in [-0.3, -0.25) is 4.84 Å². The minimum atomic E-state index is -3.93. The summed E-state index contributed by atoms with van der Waals surface area (Å²) in [6.45, 7) is 2.06. The van der Waals surface area contributed by atoms with E-state index in [0.29, 0.717) is 12.0 Å². The number of carbonyl (C=O) groups is 1. The topological polar surface area (TPSA) is 102 Å². The first-order chi connectivity index (χ1) is 9.42. The van der Waals surface area contributed by atoms with E-state index in [1.165, 1.54) is 19.2 Å². The first-order valence-corrected chi connectivity index (χ1v) is 7.39. The van der Waals surface area contributed by atoms with Gasteiger partial charge in [0.1, 0.15) is 0 Å². The van der Waals surface area contributed by atoms with Crippen LogP contribution in [0.25, 0.3) is 0 Å². The molecule has 0 saturated heterocycles. The monoisotopic (exact) mass is 303 g/mol. The molecular formula is C12H17NO6S. The Kier molecular flexibility index (Phi) is 6.08. The van der Waals surface area contributed by atoms with Crippen LogP contribution < -0.4 is 4.89 Å². The van der Waals surface area contributed by atoms with Crippen LogP contribution in [-0.4, -0.2) is 39.8 Å². The Balaban J connectivity index is 3.02. The molecule has 20 heavy (non-hydrogen) atoms. The van der Waals surface area contributed by atoms with Gasteiger partial charge in [-0.15, -0.1) is 0 Å². The Morgan fingerprint density at radius 2 is 2.05 bits per heavy atom. The highest BCUT2D eigenvalue weighted by Gasteiger charge is 2.20. The minimum Gasteiger partial charge on any atom is -0.478 e. The average molecular weight is 303 g/mol. The van der Waals surface area contributed by atoms with Crippen LogP contribution in [0.15, 0.2) is 23.1 Å². The molecule has 0 bridgehead atoms. The van der Waals surface area contributed by atoms with E-state index < -0.39 is 16.0 Å². The zero-order chi connectivity index (χ0) is 15.2. The van der Waals surface area contributed by atoms with E-state index in [4.69, 9.17) is 14.7 Å². The highest BCUT2D eigenvalue weighted by atomic mass is 32.2. The lowest BCUT2D eigenvalue weighted by Gasteiger charge is -2.11. The first-order valence-electron chi connectivity index (χ1n) is 5.91. The molecule has 8 heteroatoms. The standard InChI is InChI=1S/C12H17NO6S/c1-3-9-4-5-10(12(14)15)8-11(9)20(16,17)13-19-7-6-18-2/h4-5,8,13H,3,6-7H2,1-2H3,(H,14,15). The van der Waals surface area contributed by atoms with Crippen molar-refractivity contribution < 1.29 is 27.9 Å². The minimum absolute atomic E-state index is 0.0514. The normalized spacial score (nSPS) is 11.5. The van der Waals surface area contributed by atoms with Crippen molar-refractivity contribution in [3.05, 3.63) is 29.3 Å². The lowest BCUT2D eigenvalue weighted by Crippen LogP contribution is -2.27. The van der Waals surface area contributed by atoms with Gasteiger partial charge >= 0.3 is 5.97 Å². The first kappa shape index (κ1) is 16.6. The fourth-order valence-electron chi connectivity index (χ4n) is 1.52. The number of carboxylic acid groups (broad SMARTS) is 1. The predicted octanol–water partition coefficient (Wildman–Crippen LogP) is 0.804. The van der Waals surface area contributed by atoms with E-state index in [0.717, 1.165) is 6.07 Å². The molecule has 0 radical (unpaired) electrons. The third kappa shape index (κ3) is 4.27. The van der Waals surface area contributed by atoms with E-state index >= 15 is 0 Å². The largest absolute Gasteiger partial charge is 0.478 e. The van der Waals surface area contributed by atoms with E-state index in [-0.39, 0.29) is 23.7 Å². The molecule has 0 saturated carbocycles. The molecule has 0 unspecified atom stereocenters. The van der Waals surface area contributed by atoms with Gasteiger partial charge in [-0.25, -0.2) is 13.2 Å². The maximum absolute atomic E-state index is 12.1. The molecule has 0 aliphatic heterocycles. The van der Waals surface area contributed by atoms with Crippen LogP contribution in [0.2, 0.25) is 0 Å². The number of sulfonamides is 1. The van der Waals surface area contributed by atoms with Crippen molar-refractivity contribution in [2.75, 3.05) is 20.3 Å². The van der Waals surface area contributed by atoms with Gasteiger partial charge in [0.15, 0.2) is 0 Å². The zero-order valence-corrected chi connectivity index (χ0v) is 12.1. The molecule has 0 fully saturated rings. The van der Waals surface area contributed by atoms with Crippen molar-refractivity contribution in [1.82, 2.24) is 4.89 Å². The highest BCUT2D eigenvalue weighted by molar-refractivity contribution is 7.89. The molecule has 0 heterocycles. The molecular weight excluding hydrogens is 286 g/mol. The van der Waals surface area contributed by atoms with Crippen molar-refractivity contribution in [3.63, 3.8) is 0 Å². The van der Waals surface area contributed by atoms with Crippen molar-refractivity contribution >= 4 is 16.0 Å². The molecule has 0 atom stereocenters. The van der Waals surface area contributed by atoms with Crippen LogP contribution >= 0.6 is 0 Å². The molecule has 0 amide bonds. The number of carboxylic acids is 1. The molecule has 1 rings (SSSR count). The molecule has 1 aromatic carbocycles. The number of methoxy groups -OCH3 is 1. The number of aryl methyl sites for hydroxylation is 1. The molecule has 1 aromatic rings. The third-order valence-electron chi connectivity index (χ3n) is 2.54. The number of aromatic carboxylic acids is 1. The molecule has 0 spiro atoms. The van der Waals surface area contributed by atoms with Crippen LogP contribution in [0.1, 0.15) is 22.8 Å². The molecule has 0 aliphatic carbocycles. The number of ether oxygens (including phenoxy) is 1. The molecule has 7 nitrogen and oxygen atoms in total. The fourth-order valence-corrected chi connectivity index (χ4v) is 2.69. The predicted molar refractivity (Wildman–Crippen MR) is 70.9 cm³/mol. The van der Waals surface area contributed by atoms with Crippen LogP contribution in [0.5, 0.6) is 0 Å². The molecule has 0 aromatic heterocycles. The van der Waals surface area contributed by atoms with Crippen molar-refractivity contribution in [2.45, 2.75) is 18.2 Å². The van der Waals surface area contributed by atoms with Crippen LogP contribution in [0.4, 0.5) is 0 Å². The lowest BCUT2D eigenvalue weighted by molar-refractivity contribution is 0.0438. The Hall–Kier alpha value is -1.48. The van der Waals surface area contributed by atoms with Gasteiger partial charge in [0.2, 0.25) is 0 Å². The Morgan fingerprint density at radius 3 is 2.60 bits per heavy atom. The quantitative estimate of drug-likeness (QED) is 0.544. The van der Waals surface area contributed by atoms with E-state index in [1.807, 2.05) is 4.89 Å². The van der Waals surface area contributed by atoms with Gasteiger partial charge in [-0.05, 0) is 24.1 Å². The SMILES string of the molecule is CCc1ccc(C(=O)O)cc1S(=O)(=O)NOCCOC. The molecule has 0 aliphatic rings. The Labute approximate surface area is 117 Å². The van der Waals surface area contributed by atoms with Crippen LogP contribution in [0.3, 0.4) is 0 Å². The summed E-state index contributed by atoms with van der Waals surface area (Å²) in [5.41, 5.74) is 0.414. The van der Waals surface area contributed by atoms with Gasteiger partial charge in [0.05, 0.1) is 23.7 Å². The van der Waals surface area contributed by atoms with Crippen molar-refractivity contribution in [3.8, 4) is 0 Å². The van der Waals surface area contributed by atoms with Gasteiger partial charge in [-0.1, -0.05) is 17.9 Å². The Morgan fingerprint density at radius 1 is 1.35 bits per heavy atom. The maximum atomic E-state index is 12.1. The van der Waals surface area contributed by atoms with E-state index in [2.05, 4.69) is 0 Å². The summed E-state index contributed by atoms with van der Waals surface area (Å²) >= 11 is 0. The number of hydrogen-bond donors (Lipinski definition) is 2. The molecule has 112 valence electrons. The second-order valence-electron chi connectivity index (χ2n) is 3.91. The van der Waals surface area contributed by atoms with Gasteiger partial charge in [0.25, 0.3) is 10.0 Å². The van der Waals surface area contributed by atoms with Gasteiger partial charge in [-0.2, -0.15) is 0 Å². The Bertz CT molecular complexity index is 569. The summed E-state index contributed by atoms with van der Waals surface area (Å²) in [5, 5.41) is 8.92. The van der Waals surface area contributed by atoms with Crippen molar-refractivity contribution in [1.29, 1.82) is 0 Å². The number of hydrogen-bond acceptors (Lipinski definition) is 5. The second-order valence-corrected chi connectivity index (χ2v) is 5.52. The number of benzene rings is 1. The summed E-state index contributed by atoms with van der Waals surface area (Å²) in [6.07, 6.45) is 0.453. The van der Waals surface area contributed by atoms with Gasteiger partial charge in [0, 0.05) is 7.11 Å². The van der Waals surface area contributed by atoms with Crippen LogP contribution in [-0.2, 0) is 26.0 Å². The van der Waals surface area contributed by atoms with E-state index in [9.17, 15) is 13.2 Å². The summed E-state index contributed by atoms with van der Waals surface area (Å²) in [7, 11) is -2.47. The summed E-state index contributed by atoms with van der Waals surface area (Å²) in [4.78, 5) is 17.5. The van der Waals surface area contributed by atoms with E-state index in [1.54, 1.807) is 6.92 Å². The smallest absolute Gasteiger partial charge is 0.335 e. The zero-order valence-electron chi connectivity index (χ0n) is 11.3. The maximum Gasteiger partial charge on any atom is 0.335 e. The number of nitrogens with one attached hydrogen (secondary N) is 1. The summed E-state index contributed by atoms with van der Waals surface area (Å²) in [5.74, 6) is -1.19. The highest BCUT2D eigenvalue weighted by Crippen LogP contribution is 2.18. The lowest BCUT2D eigenvalue weighted by atomic mass is 10.1. The summed E-state index contributed by atoms with van der Waals surface area (Å²) in [6, 6.07) is 3.96. The van der Waals surface area contributed by atoms with Gasteiger partial charge < -0.3 is 9.84 Å². The van der Waals surface area contributed by atoms with Crippen molar-refractivity contribution in [2.24, 2.45) is 0 Å². The fraction of sp³-hybridized carbons (Fsp3) is 0.417. The average Bonchev–Trinajstić information content (AvgIpc) is 2.42. The molecule has 2 N–H and O–H groups in total. The summed E-state index contributed by atoms with van der Waals surface area (Å²) < 4.78 is 28.9. The van der Waals surface area contributed by atoms with Crippen LogP contribution in [0, 0.1) is 0 Å². The number of rotatable bonds is 8. The second kappa shape index (κ2) is 7.34. The third-order valence-corrected chi connectivity index (χ3v) is 3.84.